The molecule has 1 amide bonds. The van der Waals surface area contributed by atoms with Crippen molar-refractivity contribution >= 4 is 13.7 Å². The van der Waals surface area contributed by atoms with Crippen molar-refractivity contribution in [1.82, 2.24) is 5.32 Å². The minimum absolute atomic E-state index is 0.0103. The number of hydrogen-bond acceptors (Lipinski definition) is 6. The first kappa shape index (κ1) is 70.2. The highest BCUT2D eigenvalue weighted by molar-refractivity contribution is 7.45. The van der Waals surface area contributed by atoms with Crippen LogP contribution in [0.5, 0.6) is 0 Å². The van der Waals surface area contributed by atoms with Crippen LogP contribution in [-0.2, 0) is 18.4 Å². The molecule has 0 heterocycles. The Bertz CT molecular complexity index is 1360. The Morgan fingerprint density at radius 2 is 0.819 bits per heavy atom. The Hall–Kier alpha value is -1.80. The highest BCUT2D eigenvalue weighted by Gasteiger charge is 2.23. The maximum Gasteiger partial charge on any atom is 0.268 e. The van der Waals surface area contributed by atoms with Gasteiger partial charge in [-0.1, -0.05) is 261 Å². The van der Waals surface area contributed by atoms with Crippen LogP contribution < -0.4 is 10.2 Å². The number of rotatable bonds is 56. The summed E-state index contributed by atoms with van der Waals surface area (Å²) in [6.07, 6.45) is 73.1. The Morgan fingerprint density at radius 3 is 1.21 bits per heavy atom. The second kappa shape index (κ2) is 54.0. The van der Waals surface area contributed by atoms with E-state index in [-0.39, 0.29) is 12.5 Å². The molecule has 422 valence electrons. The van der Waals surface area contributed by atoms with Gasteiger partial charge in [0.1, 0.15) is 13.2 Å². The number of amides is 1. The SMILES string of the molecule is CCCCCCCCCCC/C=C\C/C=C\CCCCCCCCCCCCCCCC(=O)NC(COP(=O)([O-])OCC[N+](C)(C)C)C(O)/C=C/CC/C=C/CC/C=C/CCCCCCCCCCCCC. The van der Waals surface area contributed by atoms with E-state index in [1.165, 1.54) is 212 Å². The van der Waals surface area contributed by atoms with E-state index in [0.29, 0.717) is 17.4 Å². The maximum atomic E-state index is 13.0. The number of nitrogens with one attached hydrogen (secondary N) is 1. The molecule has 3 atom stereocenters. The second-order valence-corrected chi connectivity index (χ2v) is 23.4. The topological polar surface area (TPSA) is 108 Å². The summed E-state index contributed by atoms with van der Waals surface area (Å²) >= 11 is 0. The first-order chi connectivity index (χ1) is 35.0. The summed E-state index contributed by atoms with van der Waals surface area (Å²) in [6, 6.07) is -0.913. The van der Waals surface area contributed by atoms with Crippen molar-refractivity contribution in [2.24, 2.45) is 0 Å². The third-order valence-corrected chi connectivity index (χ3v) is 14.6. The molecule has 0 aromatic heterocycles. The first-order valence-electron chi connectivity index (χ1n) is 30.7. The fourth-order valence-corrected chi connectivity index (χ4v) is 9.59. The lowest BCUT2D eigenvalue weighted by atomic mass is 10.0. The van der Waals surface area contributed by atoms with Gasteiger partial charge in [0.2, 0.25) is 5.91 Å². The first-order valence-corrected chi connectivity index (χ1v) is 32.1. The molecule has 0 aromatic carbocycles. The van der Waals surface area contributed by atoms with Crippen molar-refractivity contribution in [2.45, 2.75) is 296 Å². The molecule has 0 spiro atoms. The van der Waals surface area contributed by atoms with Crippen LogP contribution >= 0.6 is 7.82 Å². The summed E-state index contributed by atoms with van der Waals surface area (Å²) in [7, 11) is 1.24. The lowest BCUT2D eigenvalue weighted by Crippen LogP contribution is -2.45. The number of carbonyl (C=O) groups is 1. The molecule has 72 heavy (non-hydrogen) atoms. The number of carbonyl (C=O) groups excluding carboxylic acids is 1. The van der Waals surface area contributed by atoms with Gasteiger partial charge in [0.15, 0.2) is 0 Å². The van der Waals surface area contributed by atoms with Crippen LogP contribution in [0.2, 0.25) is 0 Å². The fourth-order valence-electron chi connectivity index (χ4n) is 8.86. The summed E-state index contributed by atoms with van der Waals surface area (Å²) in [5.74, 6) is -0.211. The van der Waals surface area contributed by atoms with E-state index in [9.17, 15) is 19.4 Å². The van der Waals surface area contributed by atoms with E-state index in [1.807, 2.05) is 27.2 Å². The van der Waals surface area contributed by atoms with Gasteiger partial charge in [-0.2, -0.15) is 0 Å². The van der Waals surface area contributed by atoms with E-state index in [0.717, 1.165) is 51.4 Å². The van der Waals surface area contributed by atoms with Gasteiger partial charge in [-0.3, -0.25) is 9.36 Å². The average molecular weight is 1030 g/mol. The summed E-state index contributed by atoms with van der Waals surface area (Å²) in [5.41, 5.74) is 0. The van der Waals surface area contributed by atoms with Crippen molar-refractivity contribution in [1.29, 1.82) is 0 Å². The minimum Gasteiger partial charge on any atom is -0.756 e. The number of aliphatic hydroxyl groups is 1. The Labute approximate surface area is 447 Å². The summed E-state index contributed by atoms with van der Waals surface area (Å²) in [4.78, 5) is 25.5. The van der Waals surface area contributed by atoms with Crippen LogP contribution in [0.15, 0.2) is 60.8 Å². The van der Waals surface area contributed by atoms with Crippen molar-refractivity contribution in [3.63, 3.8) is 0 Å². The molecule has 0 saturated carbocycles. The zero-order valence-electron chi connectivity index (χ0n) is 48.1. The largest absolute Gasteiger partial charge is 0.756 e. The molecule has 0 aliphatic rings. The number of allylic oxidation sites excluding steroid dienone is 9. The molecule has 0 aromatic rings. The fraction of sp³-hybridized carbons (Fsp3) is 0.825. The molecule has 0 aliphatic carbocycles. The van der Waals surface area contributed by atoms with Gasteiger partial charge in [-0.15, -0.1) is 0 Å². The predicted molar refractivity (Wildman–Crippen MR) is 311 cm³/mol. The molecule has 2 N–H and O–H groups in total. The van der Waals surface area contributed by atoms with Crippen molar-refractivity contribution in [3.05, 3.63) is 60.8 Å². The van der Waals surface area contributed by atoms with Crippen LogP contribution in [0.1, 0.15) is 284 Å². The quantitative estimate of drug-likeness (QED) is 0.0272. The van der Waals surface area contributed by atoms with Gasteiger partial charge < -0.3 is 28.8 Å². The van der Waals surface area contributed by atoms with Crippen LogP contribution in [0, 0.1) is 0 Å². The third kappa shape index (κ3) is 55.9. The lowest BCUT2D eigenvalue weighted by molar-refractivity contribution is -0.870. The van der Waals surface area contributed by atoms with E-state index < -0.39 is 26.6 Å². The molecule has 9 heteroatoms. The van der Waals surface area contributed by atoms with Crippen molar-refractivity contribution in [2.75, 3.05) is 40.9 Å². The molecule has 0 bridgehead atoms. The zero-order chi connectivity index (χ0) is 52.7. The third-order valence-electron chi connectivity index (χ3n) is 13.7. The number of quaternary nitrogens is 1. The van der Waals surface area contributed by atoms with E-state index >= 15 is 0 Å². The van der Waals surface area contributed by atoms with Gasteiger partial charge in [0.25, 0.3) is 7.82 Å². The van der Waals surface area contributed by atoms with E-state index in [2.05, 4.69) is 67.8 Å². The zero-order valence-corrected chi connectivity index (χ0v) is 49.0. The molecular weight excluding hydrogens is 912 g/mol. The molecule has 0 rings (SSSR count). The Balaban J connectivity index is 4.21. The van der Waals surface area contributed by atoms with Gasteiger partial charge in [-0.25, -0.2) is 0 Å². The van der Waals surface area contributed by atoms with Crippen LogP contribution in [0.4, 0.5) is 0 Å². The Kier molecular flexibility index (Phi) is 52.7. The van der Waals surface area contributed by atoms with Crippen molar-refractivity contribution < 1.29 is 32.9 Å². The average Bonchev–Trinajstić information content (AvgIpc) is 3.34. The van der Waals surface area contributed by atoms with Crippen LogP contribution in [0.3, 0.4) is 0 Å². The number of aliphatic hydroxyl groups excluding tert-OH is 1. The monoisotopic (exact) mass is 1030 g/mol. The minimum atomic E-state index is -4.61. The Morgan fingerprint density at radius 1 is 0.486 bits per heavy atom. The number of phosphoric acid groups is 1. The number of nitrogens with zero attached hydrogens (tertiary/aromatic N) is 1. The van der Waals surface area contributed by atoms with Crippen molar-refractivity contribution in [3.8, 4) is 0 Å². The number of likely N-dealkylation sites (N-methyl/N-ethyl adjacent to an activating group) is 1. The number of unbranched alkanes of at least 4 members (excludes halogenated alkanes) is 35. The lowest BCUT2D eigenvalue weighted by Gasteiger charge is -2.29. The standard InChI is InChI=1S/C63H119N2O6P/c1-6-8-10-12-14-16-18-20-22-24-26-28-29-30-31-32-33-34-35-37-39-41-43-45-47-49-51-53-55-57-63(67)64-61(60-71-72(68,69)70-59-58-65(3,4)5)62(66)56-54-52-50-48-46-44-42-40-38-36-27-25-23-21-19-17-15-13-11-9-7-2/h26,28,30-31,38,40,46,48,54,56,61-62,66H,6-25,27,29,32-37,39,41-45,47,49-53,55,57-60H2,1-5H3,(H-,64,67,68,69)/b28-26-,31-30-,40-38+,48-46+,56-54+. The highest BCUT2D eigenvalue weighted by atomic mass is 31.2. The summed E-state index contributed by atoms with van der Waals surface area (Å²) in [6.45, 7) is 4.64. The molecule has 0 aliphatic heterocycles. The molecule has 0 saturated heterocycles. The number of hydrogen-bond donors (Lipinski definition) is 2. The van der Waals surface area contributed by atoms with E-state index in [4.69, 9.17) is 9.05 Å². The van der Waals surface area contributed by atoms with E-state index in [1.54, 1.807) is 6.08 Å². The molecule has 8 nitrogen and oxygen atoms in total. The predicted octanol–water partition coefficient (Wildman–Crippen LogP) is 18.2. The summed E-state index contributed by atoms with van der Waals surface area (Å²) < 4.78 is 23.4. The number of phosphoric ester groups is 1. The molecule has 0 fully saturated rings. The molecule has 3 unspecified atom stereocenters. The van der Waals surface area contributed by atoms with Gasteiger partial charge in [0.05, 0.1) is 39.9 Å². The normalized spacial score (nSPS) is 14.3. The summed E-state index contributed by atoms with van der Waals surface area (Å²) in [5, 5.41) is 13.9. The van der Waals surface area contributed by atoms with Gasteiger partial charge in [-0.05, 0) is 77.0 Å². The van der Waals surface area contributed by atoms with Crippen LogP contribution in [0.25, 0.3) is 0 Å². The van der Waals surface area contributed by atoms with Gasteiger partial charge >= 0.3 is 0 Å². The highest BCUT2D eigenvalue weighted by Crippen LogP contribution is 2.38. The second-order valence-electron chi connectivity index (χ2n) is 22.0. The van der Waals surface area contributed by atoms with Gasteiger partial charge in [0, 0.05) is 6.42 Å². The molecular formula is C63H119N2O6P. The van der Waals surface area contributed by atoms with Crippen LogP contribution in [-0.4, -0.2) is 68.5 Å². The maximum absolute atomic E-state index is 13.0. The molecule has 0 radical (unpaired) electrons. The smallest absolute Gasteiger partial charge is 0.268 e.